The largest absolute Gasteiger partial charge is 0.384 e. The van der Waals surface area contributed by atoms with Crippen molar-refractivity contribution in [3.05, 3.63) is 71.3 Å². The van der Waals surface area contributed by atoms with Gasteiger partial charge in [0.2, 0.25) is 0 Å². The maximum atomic E-state index is 10.7. The molecule has 0 aromatic heterocycles. The number of benzene rings is 2. The van der Waals surface area contributed by atoms with Gasteiger partial charge in [0, 0.05) is 6.54 Å². The lowest BCUT2D eigenvalue weighted by Gasteiger charge is -2.25. The molecule has 0 spiro atoms. The lowest BCUT2D eigenvalue weighted by atomic mass is 9.96. The van der Waals surface area contributed by atoms with E-state index in [1.165, 1.54) is 11.1 Å². The number of aliphatic hydroxyl groups is 1. The van der Waals surface area contributed by atoms with Crippen molar-refractivity contribution in [1.29, 1.82) is 0 Å². The van der Waals surface area contributed by atoms with E-state index in [9.17, 15) is 5.11 Å². The molecular weight excluding hydrogens is 425 g/mol. The first-order valence-electron chi connectivity index (χ1n) is 8.37. The van der Waals surface area contributed by atoms with Crippen molar-refractivity contribution in [2.45, 2.75) is 32.9 Å². The number of nitrogens with one attached hydrogen (secondary N) is 2. The van der Waals surface area contributed by atoms with Crippen LogP contribution < -0.4 is 10.6 Å². The van der Waals surface area contributed by atoms with E-state index in [1.54, 1.807) is 6.92 Å². The number of halogens is 1. The molecule has 0 fully saturated rings. The lowest BCUT2D eigenvalue weighted by molar-refractivity contribution is 0.0617. The molecule has 136 valence electrons. The molecule has 0 aliphatic heterocycles. The number of rotatable bonds is 6. The van der Waals surface area contributed by atoms with E-state index in [-0.39, 0.29) is 24.0 Å². The lowest BCUT2D eigenvalue weighted by Crippen LogP contribution is -2.44. The molecule has 4 nitrogen and oxygen atoms in total. The predicted molar refractivity (Wildman–Crippen MR) is 115 cm³/mol. The van der Waals surface area contributed by atoms with Gasteiger partial charge < -0.3 is 15.7 Å². The van der Waals surface area contributed by atoms with Crippen molar-refractivity contribution >= 4 is 29.9 Å². The molecule has 1 unspecified atom stereocenters. The van der Waals surface area contributed by atoms with Gasteiger partial charge in [-0.2, -0.15) is 0 Å². The zero-order chi connectivity index (χ0) is 17.4. The van der Waals surface area contributed by atoms with Gasteiger partial charge in [0.1, 0.15) is 5.60 Å². The molecule has 3 N–H and O–H groups in total. The van der Waals surface area contributed by atoms with Crippen LogP contribution in [-0.2, 0) is 12.1 Å². The first-order valence-corrected chi connectivity index (χ1v) is 8.37. The summed E-state index contributed by atoms with van der Waals surface area (Å²) in [5, 5.41) is 17.1. The molecule has 0 heterocycles. The Morgan fingerprint density at radius 1 is 1.08 bits per heavy atom. The highest BCUT2D eigenvalue weighted by Crippen LogP contribution is 2.18. The maximum Gasteiger partial charge on any atom is 0.191 e. The molecular formula is C20H28IN3O. The quantitative estimate of drug-likeness (QED) is 0.356. The molecule has 2 aromatic carbocycles. The van der Waals surface area contributed by atoms with Crippen LogP contribution in [0.15, 0.2) is 59.6 Å². The molecule has 25 heavy (non-hydrogen) atoms. The van der Waals surface area contributed by atoms with Gasteiger partial charge in [-0.05, 0) is 31.9 Å². The molecule has 0 amide bonds. The van der Waals surface area contributed by atoms with Crippen LogP contribution in [0.5, 0.6) is 0 Å². The molecule has 0 aliphatic carbocycles. The zero-order valence-corrected chi connectivity index (χ0v) is 17.5. The van der Waals surface area contributed by atoms with Gasteiger partial charge in [-0.1, -0.05) is 60.2 Å². The van der Waals surface area contributed by atoms with E-state index in [4.69, 9.17) is 0 Å². The van der Waals surface area contributed by atoms with Crippen molar-refractivity contribution < 1.29 is 5.11 Å². The maximum absolute atomic E-state index is 10.7. The first-order chi connectivity index (χ1) is 11.5. The minimum absolute atomic E-state index is 0. The number of aliphatic imine (C=N–C) groups is 1. The zero-order valence-electron chi connectivity index (χ0n) is 15.1. The van der Waals surface area contributed by atoms with E-state index in [0.717, 1.165) is 12.1 Å². The van der Waals surface area contributed by atoms with E-state index in [1.807, 2.05) is 43.3 Å². The second-order valence-corrected chi connectivity index (χ2v) is 6.18. The third kappa shape index (κ3) is 7.04. The fraction of sp³-hybridized carbons (Fsp3) is 0.350. The first kappa shape index (κ1) is 21.4. The molecule has 0 radical (unpaired) electrons. The Hall–Kier alpha value is -1.60. The number of nitrogens with zero attached hydrogens (tertiary/aromatic N) is 1. The van der Waals surface area contributed by atoms with Gasteiger partial charge in [-0.3, -0.25) is 0 Å². The summed E-state index contributed by atoms with van der Waals surface area (Å²) in [6.07, 6.45) is 0. The summed E-state index contributed by atoms with van der Waals surface area (Å²) in [4.78, 5) is 4.60. The average Bonchev–Trinajstić information content (AvgIpc) is 2.58. The summed E-state index contributed by atoms with van der Waals surface area (Å²) >= 11 is 0. The van der Waals surface area contributed by atoms with Gasteiger partial charge >= 0.3 is 0 Å². The molecule has 5 heteroatoms. The highest BCUT2D eigenvalue weighted by atomic mass is 127. The summed E-state index contributed by atoms with van der Waals surface area (Å²) in [6, 6.07) is 18.0. The Kier molecular flexibility index (Phi) is 8.92. The van der Waals surface area contributed by atoms with Crippen LogP contribution in [0.2, 0.25) is 0 Å². The SMILES string of the molecule is CCNC(=NCc1cccc(C)c1)NCC(C)(O)c1ccccc1.I. The van der Waals surface area contributed by atoms with Gasteiger partial charge in [-0.25, -0.2) is 4.99 Å². The van der Waals surface area contributed by atoms with Crippen LogP contribution in [0.25, 0.3) is 0 Å². The van der Waals surface area contributed by atoms with Crippen LogP contribution in [0, 0.1) is 6.92 Å². The van der Waals surface area contributed by atoms with Crippen LogP contribution >= 0.6 is 24.0 Å². The minimum atomic E-state index is -0.958. The Labute approximate surface area is 167 Å². The molecule has 2 aromatic rings. The Balaban J connectivity index is 0.00000312. The Morgan fingerprint density at radius 2 is 1.80 bits per heavy atom. The van der Waals surface area contributed by atoms with Gasteiger partial charge in [0.05, 0.1) is 13.1 Å². The summed E-state index contributed by atoms with van der Waals surface area (Å²) in [7, 11) is 0. The molecule has 0 aliphatic rings. The predicted octanol–water partition coefficient (Wildman–Crippen LogP) is 3.58. The van der Waals surface area contributed by atoms with Crippen LogP contribution in [0.1, 0.15) is 30.5 Å². The van der Waals surface area contributed by atoms with Gasteiger partial charge in [0.25, 0.3) is 0 Å². The third-order valence-electron chi connectivity index (χ3n) is 3.84. The highest BCUT2D eigenvalue weighted by Gasteiger charge is 2.22. The highest BCUT2D eigenvalue weighted by molar-refractivity contribution is 14.0. The summed E-state index contributed by atoms with van der Waals surface area (Å²) in [6.45, 7) is 7.67. The van der Waals surface area contributed by atoms with Crippen LogP contribution in [0.4, 0.5) is 0 Å². The van der Waals surface area contributed by atoms with Crippen molar-refractivity contribution in [2.24, 2.45) is 4.99 Å². The standard InChI is InChI=1S/C20H27N3O.HI/c1-4-21-19(22-14-17-10-8-9-16(2)13-17)23-15-20(3,24)18-11-6-5-7-12-18;/h5-13,24H,4,14-15H2,1-3H3,(H2,21,22,23);1H. The summed E-state index contributed by atoms with van der Waals surface area (Å²) in [5.41, 5.74) is 2.32. The van der Waals surface area contributed by atoms with Crippen molar-refractivity contribution in [3.8, 4) is 0 Å². The van der Waals surface area contributed by atoms with Gasteiger partial charge in [0.15, 0.2) is 5.96 Å². The molecule has 0 saturated heterocycles. The van der Waals surface area contributed by atoms with Crippen LogP contribution in [-0.4, -0.2) is 24.2 Å². The summed E-state index contributed by atoms with van der Waals surface area (Å²) in [5.74, 6) is 0.704. The van der Waals surface area contributed by atoms with Crippen LogP contribution in [0.3, 0.4) is 0 Å². The Morgan fingerprint density at radius 3 is 2.44 bits per heavy atom. The fourth-order valence-electron chi connectivity index (χ4n) is 2.48. The molecule has 1 atom stereocenters. The smallest absolute Gasteiger partial charge is 0.191 e. The van der Waals surface area contributed by atoms with E-state index < -0.39 is 5.60 Å². The van der Waals surface area contributed by atoms with Crippen molar-refractivity contribution in [2.75, 3.05) is 13.1 Å². The second-order valence-electron chi connectivity index (χ2n) is 6.18. The number of guanidine groups is 1. The fourth-order valence-corrected chi connectivity index (χ4v) is 2.48. The number of aryl methyl sites for hydroxylation is 1. The molecule has 0 saturated carbocycles. The minimum Gasteiger partial charge on any atom is -0.384 e. The van der Waals surface area contributed by atoms with E-state index in [0.29, 0.717) is 19.0 Å². The molecule has 2 rings (SSSR count). The van der Waals surface area contributed by atoms with E-state index in [2.05, 4.69) is 40.7 Å². The normalized spacial score (nSPS) is 13.5. The third-order valence-corrected chi connectivity index (χ3v) is 3.84. The average molecular weight is 453 g/mol. The van der Waals surface area contributed by atoms with E-state index >= 15 is 0 Å². The second kappa shape index (κ2) is 10.4. The Bertz CT molecular complexity index is 672. The topological polar surface area (TPSA) is 56.7 Å². The molecule has 0 bridgehead atoms. The van der Waals surface area contributed by atoms with Crippen molar-refractivity contribution in [3.63, 3.8) is 0 Å². The van der Waals surface area contributed by atoms with Gasteiger partial charge in [-0.15, -0.1) is 24.0 Å². The number of hydrogen-bond acceptors (Lipinski definition) is 2. The summed E-state index contributed by atoms with van der Waals surface area (Å²) < 4.78 is 0. The monoisotopic (exact) mass is 453 g/mol. The van der Waals surface area contributed by atoms with Crippen molar-refractivity contribution in [1.82, 2.24) is 10.6 Å². The number of hydrogen-bond donors (Lipinski definition) is 3.